The van der Waals surface area contributed by atoms with E-state index in [1.807, 2.05) is 31.2 Å². The predicted octanol–water partition coefficient (Wildman–Crippen LogP) is 1.83. The van der Waals surface area contributed by atoms with Crippen LogP contribution in [0.5, 0.6) is 0 Å². The molecule has 2 rings (SSSR count). The second-order valence-electron chi connectivity index (χ2n) is 3.78. The smallest absolute Gasteiger partial charge is 0.336 e. The highest BCUT2D eigenvalue weighted by Gasteiger charge is 2.30. The fourth-order valence-corrected chi connectivity index (χ4v) is 1.56. The molecule has 1 aromatic carbocycles. The molecule has 2 N–H and O–H groups in total. The fraction of sp³-hybridized carbons (Fsp3) is 0.250. The van der Waals surface area contributed by atoms with Crippen LogP contribution in [0.2, 0.25) is 0 Å². The van der Waals surface area contributed by atoms with Crippen molar-refractivity contribution in [3.63, 3.8) is 0 Å². The Morgan fingerprint density at radius 2 is 1.80 bits per heavy atom. The summed E-state index contributed by atoms with van der Waals surface area (Å²) >= 11 is 0. The van der Waals surface area contributed by atoms with E-state index in [1.54, 1.807) is 6.92 Å². The Balaban J connectivity index is 2.35. The molecule has 0 spiro atoms. The molecule has 1 heterocycles. The highest BCUT2D eigenvalue weighted by atomic mass is 16.5. The van der Waals surface area contributed by atoms with E-state index in [1.165, 1.54) is 5.56 Å². The number of hydrogen-bond acceptors (Lipinski definition) is 3. The van der Waals surface area contributed by atoms with Crippen molar-refractivity contribution in [3.8, 4) is 0 Å². The average Bonchev–Trinajstić information content (AvgIpc) is 2.47. The summed E-state index contributed by atoms with van der Waals surface area (Å²) in [5.41, 5.74) is 8.94. The van der Waals surface area contributed by atoms with E-state index in [0.717, 1.165) is 5.56 Å². The maximum Gasteiger partial charge on any atom is 0.336 e. The fourth-order valence-electron chi connectivity index (χ4n) is 1.56. The van der Waals surface area contributed by atoms with Crippen molar-refractivity contribution in [1.29, 1.82) is 0 Å². The Labute approximate surface area is 88.5 Å². The highest BCUT2D eigenvalue weighted by molar-refractivity contribution is 5.91. The molecule has 1 aromatic rings. The van der Waals surface area contributed by atoms with Gasteiger partial charge in [0.15, 0.2) is 6.10 Å². The van der Waals surface area contributed by atoms with Crippen LogP contribution in [0.3, 0.4) is 0 Å². The molecule has 0 saturated heterocycles. The topological polar surface area (TPSA) is 52.3 Å². The van der Waals surface area contributed by atoms with Gasteiger partial charge in [-0.25, -0.2) is 4.79 Å². The minimum Gasteiger partial charge on any atom is -0.448 e. The minimum absolute atomic E-state index is 0.321. The van der Waals surface area contributed by atoms with Gasteiger partial charge in [0.25, 0.3) is 0 Å². The summed E-state index contributed by atoms with van der Waals surface area (Å²) in [6.07, 6.45) is -0.405. The lowest BCUT2D eigenvalue weighted by Gasteiger charge is -2.11. The summed E-state index contributed by atoms with van der Waals surface area (Å²) < 4.78 is 5.17. The lowest BCUT2D eigenvalue weighted by atomic mass is 10.0. The number of esters is 1. The van der Waals surface area contributed by atoms with E-state index in [2.05, 4.69) is 0 Å². The molecule has 0 aliphatic carbocycles. The van der Waals surface area contributed by atoms with Crippen LogP contribution in [-0.2, 0) is 9.53 Å². The number of benzene rings is 1. The van der Waals surface area contributed by atoms with Crippen molar-refractivity contribution in [1.82, 2.24) is 0 Å². The quantitative estimate of drug-likeness (QED) is 0.708. The normalized spacial score (nSPS) is 20.7. The number of cyclic esters (lactones) is 1. The predicted molar refractivity (Wildman–Crippen MR) is 56.9 cm³/mol. The van der Waals surface area contributed by atoms with Crippen molar-refractivity contribution >= 4 is 5.97 Å². The van der Waals surface area contributed by atoms with Gasteiger partial charge in [-0.3, -0.25) is 0 Å². The van der Waals surface area contributed by atoms with Crippen LogP contribution in [0.25, 0.3) is 0 Å². The molecular formula is C12H13NO2. The van der Waals surface area contributed by atoms with E-state index >= 15 is 0 Å². The SMILES string of the molecule is CC1=C(N)[C@@H](c2ccc(C)cc2)OC1=O. The molecule has 0 bridgehead atoms. The van der Waals surface area contributed by atoms with Crippen molar-refractivity contribution in [2.45, 2.75) is 20.0 Å². The summed E-state index contributed by atoms with van der Waals surface area (Å²) in [7, 11) is 0. The molecule has 15 heavy (non-hydrogen) atoms. The molecular weight excluding hydrogens is 190 g/mol. The van der Waals surface area contributed by atoms with Crippen molar-refractivity contribution in [2.24, 2.45) is 5.73 Å². The van der Waals surface area contributed by atoms with Crippen molar-refractivity contribution in [2.75, 3.05) is 0 Å². The zero-order valence-electron chi connectivity index (χ0n) is 8.78. The zero-order valence-corrected chi connectivity index (χ0v) is 8.78. The van der Waals surface area contributed by atoms with E-state index in [9.17, 15) is 4.79 Å². The zero-order chi connectivity index (χ0) is 11.0. The molecule has 1 aliphatic rings. The summed E-state index contributed by atoms with van der Waals surface area (Å²) in [6.45, 7) is 3.70. The Kier molecular flexibility index (Phi) is 2.23. The molecule has 3 heteroatoms. The number of carbonyl (C=O) groups excluding carboxylic acids is 1. The van der Waals surface area contributed by atoms with Crippen LogP contribution in [0.1, 0.15) is 24.2 Å². The maximum absolute atomic E-state index is 11.3. The van der Waals surface area contributed by atoms with E-state index in [0.29, 0.717) is 11.3 Å². The van der Waals surface area contributed by atoms with Crippen LogP contribution in [-0.4, -0.2) is 5.97 Å². The maximum atomic E-state index is 11.3. The van der Waals surface area contributed by atoms with Gasteiger partial charge in [0.05, 0.1) is 11.3 Å². The number of rotatable bonds is 1. The largest absolute Gasteiger partial charge is 0.448 e. The first-order chi connectivity index (χ1) is 7.09. The number of ether oxygens (including phenoxy) is 1. The van der Waals surface area contributed by atoms with E-state index in [4.69, 9.17) is 10.5 Å². The van der Waals surface area contributed by atoms with Gasteiger partial charge in [-0.15, -0.1) is 0 Å². The van der Waals surface area contributed by atoms with Gasteiger partial charge in [0, 0.05) is 0 Å². The van der Waals surface area contributed by atoms with Crippen LogP contribution in [0, 0.1) is 6.92 Å². The molecule has 78 valence electrons. The molecule has 0 fully saturated rings. The van der Waals surface area contributed by atoms with Crippen LogP contribution in [0.4, 0.5) is 0 Å². The monoisotopic (exact) mass is 203 g/mol. The summed E-state index contributed by atoms with van der Waals surface area (Å²) in [4.78, 5) is 11.3. The van der Waals surface area contributed by atoms with E-state index < -0.39 is 6.10 Å². The van der Waals surface area contributed by atoms with Crippen LogP contribution in [0.15, 0.2) is 35.5 Å². The number of hydrogen-bond donors (Lipinski definition) is 1. The van der Waals surface area contributed by atoms with Crippen LogP contribution >= 0.6 is 0 Å². The Hall–Kier alpha value is -1.77. The van der Waals surface area contributed by atoms with E-state index in [-0.39, 0.29) is 5.97 Å². The third kappa shape index (κ3) is 1.61. The lowest BCUT2D eigenvalue weighted by molar-refractivity contribution is -0.140. The minimum atomic E-state index is -0.405. The highest BCUT2D eigenvalue weighted by Crippen LogP contribution is 2.31. The summed E-state index contributed by atoms with van der Waals surface area (Å²) in [5.74, 6) is -0.321. The molecule has 1 aliphatic heterocycles. The number of nitrogens with two attached hydrogens (primary N) is 1. The molecule has 0 amide bonds. The van der Waals surface area contributed by atoms with Gasteiger partial charge in [-0.2, -0.15) is 0 Å². The average molecular weight is 203 g/mol. The van der Waals surface area contributed by atoms with Gasteiger partial charge in [-0.05, 0) is 19.4 Å². The third-order valence-corrected chi connectivity index (χ3v) is 2.63. The summed E-state index contributed by atoms with van der Waals surface area (Å²) in [5, 5.41) is 0. The Morgan fingerprint density at radius 3 is 2.27 bits per heavy atom. The second kappa shape index (κ2) is 3.42. The lowest BCUT2D eigenvalue weighted by Crippen LogP contribution is -2.08. The third-order valence-electron chi connectivity index (χ3n) is 2.63. The van der Waals surface area contributed by atoms with Crippen LogP contribution < -0.4 is 5.73 Å². The van der Waals surface area contributed by atoms with Crippen molar-refractivity contribution < 1.29 is 9.53 Å². The first-order valence-corrected chi connectivity index (χ1v) is 4.83. The van der Waals surface area contributed by atoms with Gasteiger partial charge in [-0.1, -0.05) is 29.8 Å². The second-order valence-corrected chi connectivity index (χ2v) is 3.78. The first kappa shape index (κ1) is 9.77. The van der Waals surface area contributed by atoms with Crippen molar-refractivity contribution in [3.05, 3.63) is 46.7 Å². The Morgan fingerprint density at radius 1 is 1.20 bits per heavy atom. The number of aryl methyl sites for hydroxylation is 1. The molecule has 0 radical (unpaired) electrons. The molecule has 0 aromatic heterocycles. The Bertz CT molecular complexity index is 431. The first-order valence-electron chi connectivity index (χ1n) is 4.83. The molecule has 3 nitrogen and oxygen atoms in total. The van der Waals surface area contributed by atoms with Gasteiger partial charge in [0.2, 0.25) is 0 Å². The molecule has 0 unspecified atom stereocenters. The summed E-state index contributed by atoms with van der Waals surface area (Å²) in [6, 6.07) is 7.81. The molecule has 1 atom stereocenters. The molecule has 0 saturated carbocycles. The van der Waals surface area contributed by atoms with Gasteiger partial charge in [0.1, 0.15) is 0 Å². The van der Waals surface area contributed by atoms with Gasteiger partial charge >= 0.3 is 5.97 Å². The number of carbonyl (C=O) groups is 1. The standard InChI is InChI=1S/C12H13NO2/c1-7-3-5-9(6-4-7)11-10(13)8(2)12(14)15-11/h3-6,11H,13H2,1-2H3/t11-/m1/s1. The van der Waals surface area contributed by atoms with Gasteiger partial charge < -0.3 is 10.5 Å².